The third kappa shape index (κ3) is 3.88. The van der Waals surface area contributed by atoms with E-state index in [1.165, 1.54) is 24.3 Å². The molecular weight excluding hydrogens is 288 g/mol. The smallest absolute Gasteiger partial charge is 0.335 e. The van der Waals surface area contributed by atoms with Crippen molar-refractivity contribution in [3.63, 3.8) is 0 Å². The molecule has 0 aliphatic heterocycles. The average molecular weight is 304 g/mol. The lowest BCUT2D eigenvalue weighted by Crippen LogP contribution is -2.28. The van der Waals surface area contributed by atoms with Gasteiger partial charge < -0.3 is 10.0 Å². The fraction of sp³-hybridized carbons (Fsp3) is 0.267. The molecule has 1 aromatic heterocycles. The van der Waals surface area contributed by atoms with Crippen LogP contribution in [0.5, 0.6) is 0 Å². The lowest BCUT2D eigenvalue weighted by Gasteiger charge is -2.16. The molecule has 1 aromatic carbocycles. The van der Waals surface area contributed by atoms with E-state index in [0.717, 1.165) is 9.88 Å². The molecule has 2 rings (SSSR count). The quantitative estimate of drug-likeness (QED) is 0.921. The highest BCUT2D eigenvalue weighted by Gasteiger charge is 2.13. The Bertz CT molecular complexity index is 649. The number of carbonyl (C=O) groups is 2. The van der Waals surface area contributed by atoms with Gasteiger partial charge in [0.05, 0.1) is 10.6 Å². The molecule has 0 atom stereocenters. The number of hydrogen-bond acceptors (Lipinski definition) is 4. The van der Waals surface area contributed by atoms with E-state index in [0.29, 0.717) is 18.5 Å². The summed E-state index contributed by atoms with van der Waals surface area (Å²) in [5, 5.41) is 9.84. The van der Waals surface area contributed by atoms with Crippen molar-refractivity contribution >= 4 is 23.2 Å². The fourth-order valence-corrected chi connectivity index (χ4v) is 2.63. The van der Waals surface area contributed by atoms with Crippen molar-refractivity contribution < 1.29 is 14.7 Å². The number of benzene rings is 1. The molecule has 0 bridgehead atoms. The van der Waals surface area contributed by atoms with Crippen molar-refractivity contribution in [1.82, 2.24) is 9.88 Å². The summed E-state index contributed by atoms with van der Waals surface area (Å²) in [5.41, 5.74) is 0.658. The van der Waals surface area contributed by atoms with E-state index in [-0.39, 0.29) is 11.5 Å². The Morgan fingerprint density at radius 3 is 2.38 bits per heavy atom. The fourth-order valence-electron chi connectivity index (χ4n) is 1.86. The minimum Gasteiger partial charge on any atom is -0.478 e. The number of carboxylic acids is 1. The van der Waals surface area contributed by atoms with Crippen molar-refractivity contribution in [3.8, 4) is 0 Å². The highest BCUT2D eigenvalue weighted by Crippen LogP contribution is 2.13. The van der Waals surface area contributed by atoms with E-state index in [1.54, 1.807) is 23.3 Å². The van der Waals surface area contributed by atoms with Crippen LogP contribution in [0, 0.1) is 6.92 Å². The third-order valence-electron chi connectivity index (χ3n) is 3.06. The van der Waals surface area contributed by atoms with Gasteiger partial charge in [-0.25, -0.2) is 9.78 Å². The van der Waals surface area contributed by atoms with Crippen LogP contribution in [0.15, 0.2) is 30.5 Å². The molecule has 0 aliphatic carbocycles. The normalized spacial score (nSPS) is 10.4. The maximum absolute atomic E-state index is 12.2. The molecule has 0 fully saturated rings. The Morgan fingerprint density at radius 1 is 1.24 bits per heavy atom. The minimum atomic E-state index is -0.999. The van der Waals surface area contributed by atoms with Crippen LogP contribution in [-0.2, 0) is 6.42 Å². The Labute approximate surface area is 126 Å². The number of nitrogens with zero attached hydrogens (tertiary/aromatic N) is 2. The second-order valence-electron chi connectivity index (χ2n) is 4.72. The molecule has 1 amide bonds. The zero-order valence-corrected chi connectivity index (χ0v) is 12.7. The van der Waals surface area contributed by atoms with Gasteiger partial charge in [-0.15, -0.1) is 11.3 Å². The number of carbonyl (C=O) groups excluding carboxylic acids is 1. The molecule has 6 heteroatoms. The van der Waals surface area contributed by atoms with Crippen molar-refractivity contribution in [2.45, 2.75) is 13.3 Å². The first kappa shape index (κ1) is 15.2. The van der Waals surface area contributed by atoms with E-state index in [2.05, 4.69) is 4.98 Å². The Morgan fingerprint density at radius 2 is 1.86 bits per heavy atom. The Balaban J connectivity index is 1.96. The van der Waals surface area contributed by atoms with Crippen molar-refractivity contribution in [2.75, 3.05) is 13.6 Å². The predicted octanol–water partition coefficient (Wildman–Crippen LogP) is 2.46. The lowest BCUT2D eigenvalue weighted by atomic mass is 10.1. The summed E-state index contributed by atoms with van der Waals surface area (Å²) in [6.07, 6.45) is 2.54. The summed E-state index contributed by atoms with van der Waals surface area (Å²) >= 11 is 1.63. The second kappa shape index (κ2) is 6.49. The molecule has 0 spiro atoms. The average Bonchev–Trinajstić information content (AvgIpc) is 2.89. The number of likely N-dealkylation sites (N-methyl/N-ethyl adjacent to an activating group) is 1. The molecule has 5 nitrogen and oxygen atoms in total. The highest BCUT2D eigenvalue weighted by molar-refractivity contribution is 7.11. The topological polar surface area (TPSA) is 70.5 Å². The monoisotopic (exact) mass is 304 g/mol. The Kier molecular flexibility index (Phi) is 4.70. The number of carboxylic acid groups (broad SMARTS) is 1. The van der Waals surface area contributed by atoms with E-state index in [1.807, 2.05) is 13.1 Å². The highest BCUT2D eigenvalue weighted by atomic mass is 32.1. The Hall–Kier alpha value is -2.21. The number of amides is 1. The van der Waals surface area contributed by atoms with Crippen LogP contribution in [0.2, 0.25) is 0 Å². The van der Waals surface area contributed by atoms with Crippen molar-refractivity contribution in [2.24, 2.45) is 0 Å². The SMILES string of the molecule is Cc1cnc(CCN(C)C(=O)c2ccc(C(=O)O)cc2)s1. The largest absolute Gasteiger partial charge is 0.478 e. The van der Waals surface area contributed by atoms with Gasteiger partial charge in [0.25, 0.3) is 5.91 Å². The summed E-state index contributed by atoms with van der Waals surface area (Å²) in [5.74, 6) is -1.12. The first-order chi connectivity index (χ1) is 9.97. The van der Waals surface area contributed by atoms with E-state index in [4.69, 9.17) is 5.11 Å². The molecule has 0 unspecified atom stereocenters. The first-order valence-corrected chi connectivity index (χ1v) is 7.29. The summed E-state index contributed by atoms with van der Waals surface area (Å²) in [4.78, 5) is 30.0. The summed E-state index contributed by atoms with van der Waals surface area (Å²) in [6.45, 7) is 2.58. The maximum Gasteiger partial charge on any atom is 0.335 e. The van der Waals surface area contributed by atoms with E-state index in [9.17, 15) is 9.59 Å². The molecule has 0 radical (unpaired) electrons. The number of aromatic nitrogens is 1. The van der Waals surface area contributed by atoms with Gasteiger partial charge in [0, 0.05) is 36.7 Å². The molecule has 21 heavy (non-hydrogen) atoms. The van der Waals surface area contributed by atoms with Crippen LogP contribution >= 0.6 is 11.3 Å². The molecule has 1 N–H and O–H groups in total. The molecule has 2 aromatic rings. The van der Waals surface area contributed by atoms with Gasteiger partial charge in [-0.3, -0.25) is 4.79 Å². The van der Waals surface area contributed by atoms with E-state index >= 15 is 0 Å². The van der Waals surface area contributed by atoms with Crippen molar-refractivity contribution in [3.05, 3.63) is 51.5 Å². The van der Waals surface area contributed by atoms with Crippen LogP contribution in [0.25, 0.3) is 0 Å². The maximum atomic E-state index is 12.2. The van der Waals surface area contributed by atoms with Gasteiger partial charge in [-0.2, -0.15) is 0 Å². The first-order valence-electron chi connectivity index (χ1n) is 6.47. The van der Waals surface area contributed by atoms with Gasteiger partial charge in [-0.05, 0) is 31.2 Å². The van der Waals surface area contributed by atoms with Gasteiger partial charge in [0.1, 0.15) is 0 Å². The van der Waals surface area contributed by atoms with Crippen molar-refractivity contribution in [1.29, 1.82) is 0 Å². The van der Waals surface area contributed by atoms with Crippen LogP contribution < -0.4 is 0 Å². The third-order valence-corrected chi connectivity index (χ3v) is 4.03. The van der Waals surface area contributed by atoms with Gasteiger partial charge in [0.2, 0.25) is 0 Å². The van der Waals surface area contributed by atoms with Gasteiger partial charge >= 0.3 is 5.97 Å². The zero-order valence-electron chi connectivity index (χ0n) is 11.9. The van der Waals surface area contributed by atoms with Gasteiger partial charge in [0.15, 0.2) is 0 Å². The van der Waals surface area contributed by atoms with Crippen LogP contribution in [0.4, 0.5) is 0 Å². The molecule has 0 saturated heterocycles. The minimum absolute atomic E-state index is 0.125. The van der Waals surface area contributed by atoms with Gasteiger partial charge in [-0.1, -0.05) is 0 Å². The molecule has 0 saturated carbocycles. The molecular formula is C15H16N2O3S. The van der Waals surface area contributed by atoms with E-state index < -0.39 is 5.97 Å². The second-order valence-corrected chi connectivity index (χ2v) is 6.04. The summed E-state index contributed by atoms with van der Waals surface area (Å²) in [6, 6.07) is 5.95. The number of aryl methyl sites for hydroxylation is 1. The molecule has 0 aliphatic rings. The lowest BCUT2D eigenvalue weighted by molar-refractivity contribution is 0.0695. The number of thiazole rings is 1. The molecule has 1 heterocycles. The standard InChI is InChI=1S/C15H16N2O3S/c1-10-9-16-13(21-10)7-8-17(2)14(18)11-3-5-12(6-4-11)15(19)20/h3-6,9H,7-8H2,1-2H3,(H,19,20). The summed E-state index contributed by atoms with van der Waals surface area (Å²) < 4.78 is 0. The van der Waals surface area contributed by atoms with Crippen LogP contribution in [0.3, 0.4) is 0 Å². The van der Waals surface area contributed by atoms with Crippen LogP contribution in [0.1, 0.15) is 30.6 Å². The zero-order chi connectivity index (χ0) is 15.4. The molecule has 110 valence electrons. The number of rotatable bonds is 5. The number of hydrogen-bond donors (Lipinski definition) is 1. The predicted molar refractivity (Wildman–Crippen MR) is 80.9 cm³/mol. The number of aromatic carboxylic acids is 1. The van der Waals surface area contributed by atoms with Crippen LogP contribution in [-0.4, -0.2) is 40.5 Å². The summed E-state index contributed by atoms with van der Waals surface area (Å²) in [7, 11) is 1.73.